The number of nitrogens with zero attached hydrogens (tertiary/aromatic N) is 2. The predicted molar refractivity (Wildman–Crippen MR) is 85.4 cm³/mol. The number of aryl methyl sites for hydroxylation is 2. The standard InChI is InChI=1S/C17H18N2O2S/c20-17(21)15-8-12-6-7-19(10-16(12)22-15)9-13-5-4-11-2-1-3-14(11)18-13/h4-5,8H,1-3,6-7,9-10H2,(H,20,21). The average molecular weight is 314 g/mol. The highest BCUT2D eigenvalue weighted by Gasteiger charge is 2.22. The van der Waals surface area contributed by atoms with Crippen LogP contribution in [0.3, 0.4) is 0 Å². The lowest BCUT2D eigenvalue weighted by atomic mass is 10.1. The fraction of sp³-hybridized carbons (Fsp3) is 0.412. The summed E-state index contributed by atoms with van der Waals surface area (Å²) in [4.78, 5) is 19.9. The molecule has 0 spiro atoms. The summed E-state index contributed by atoms with van der Waals surface area (Å²) < 4.78 is 0. The Morgan fingerprint density at radius 1 is 1.27 bits per heavy atom. The third kappa shape index (κ3) is 2.55. The van der Waals surface area contributed by atoms with E-state index in [-0.39, 0.29) is 0 Å². The van der Waals surface area contributed by atoms with Gasteiger partial charge in [-0.05, 0) is 48.9 Å². The minimum absolute atomic E-state index is 0.461. The van der Waals surface area contributed by atoms with E-state index in [1.807, 2.05) is 6.07 Å². The van der Waals surface area contributed by atoms with Gasteiger partial charge in [0.15, 0.2) is 0 Å². The van der Waals surface area contributed by atoms with Crippen LogP contribution in [0.4, 0.5) is 0 Å². The number of pyridine rings is 1. The van der Waals surface area contributed by atoms with E-state index in [0.717, 1.165) is 38.2 Å². The Hall–Kier alpha value is -1.72. The number of rotatable bonds is 3. The number of thiophene rings is 1. The number of carboxylic acid groups (broad SMARTS) is 1. The van der Waals surface area contributed by atoms with Crippen LogP contribution in [-0.2, 0) is 32.4 Å². The van der Waals surface area contributed by atoms with Crippen molar-refractivity contribution in [3.63, 3.8) is 0 Å². The minimum atomic E-state index is -0.814. The van der Waals surface area contributed by atoms with Crippen LogP contribution < -0.4 is 0 Å². The minimum Gasteiger partial charge on any atom is -0.477 e. The largest absolute Gasteiger partial charge is 0.477 e. The second-order valence-corrected chi connectivity index (χ2v) is 7.22. The second-order valence-electron chi connectivity index (χ2n) is 6.09. The first-order valence-corrected chi connectivity index (χ1v) is 8.55. The van der Waals surface area contributed by atoms with Gasteiger partial charge in [0.25, 0.3) is 0 Å². The Morgan fingerprint density at radius 2 is 2.18 bits per heavy atom. The van der Waals surface area contributed by atoms with Gasteiger partial charge in [0.1, 0.15) is 4.88 Å². The monoisotopic (exact) mass is 314 g/mol. The zero-order chi connectivity index (χ0) is 15.1. The quantitative estimate of drug-likeness (QED) is 0.946. The van der Waals surface area contributed by atoms with Gasteiger partial charge in [-0.2, -0.15) is 0 Å². The molecule has 0 fully saturated rings. The number of fused-ring (bicyclic) bond motifs is 2. The zero-order valence-electron chi connectivity index (χ0n) is 12.3. The molecule has 0 atom stereocenters. The normalized spacial score (nSPS) is 17.3. The van der Waals surface area contributed by atoms with Crippen LogP contribution in [0.2, 0.25) is 0 Å². The van der Waals surface area contributed by atoms with Crippen molar-refractivity contribution < 1.29 is 9.90 Å². The lowest BCUT2D eigenvalue weighted by molar-refractivity contribution is 0.0702. The molecule has 2 aromatic rings. The van der Waals surface area contributed by atoms with Gasteiger partial charge >= 0.3 is 5.97 Å². The fourth-order valence-electron chi connectivity index (χ4n) is 3.40. The predicted octanol–water partition coefficient (Wildman–Crippen LogP) is 2.89. The van der Waals surface area contributed by atoms with E-state index >= 15 is 0 Å². The molecule has 0 radical (unpaired) electrons. The summed E-state index contributed by atoms with van der Waals surface area (Å²) in [6, 6.07) is 6.22. The molecule has 0 amide bonds. The van der Waals surface area contributed by atoms with Crippen LogP contribution >= 0.6 is 11.3 Å². The summed E-state index contributed by atoms with van der Waals surface area (Å²) in [6.45, 7) is 2.67. The van der Waals surface area contributed by atoms with Gasteiger partial charge in [-0.25, -0.2) is 4.79 Å². The van der Waals surface area contributed by atoms with Crippen LogP contribution in [0.15, 0.2) is 18.2 Å². The van der Waals surface area contributed by atoms with Gasteiger partial charge in [-0.1, -0.05) is 6.07 Å². The topological polar surface area (TPSA) is 53.4 Å². The molecule has 1 N–H and O–H groups in total. The summed E-state index contributed by atoms with van der Waals surface area (Å²) in [7, 11) is 0. The van der Waals surface area contributed by atoms with Crippen molar-refractivity contribution in [3.05, 3.63) is 50.5 Å². The molecule has 2 aliphatic rings. The van der Waals surface area contributed by atoms with Crippen molar-refractivity contribution in [1.82, 2.24) is 9.88 Å². The Bertz CT molecular complexity index is 738. The maximum absolute atomic E-state index is 11.1. The molecule has 0 saturated heterocycles. The number of hydrogen-bond donors (Lipinski definition) is 1. The van der Waals surface area contributed by atoms with Crippen molar-refractivity contribution >= 4 is 17.3 Å². The summed E-state index contributed by atoms with van der Waals surface area (Å²) in [5.74, 6) is -0.814. The van der Waals surface area contributed by atoms with Crippen LogP contribution in [0, 0.1) is 0 Å². The average Bonchev–Trinajstić information content (AvgIpc) is 3.12. The highest BCUT2D eigenvalue weighted by atomic mass is 32.1. The molecule has 0 bridgehead atoms. The SMILES string of the molecule is O=C(O)c1cc2c(s1)CN(Cc1ccc3c(n1)CCC3)CC2. The van der Waals surface area contributed by atoms with Crippen molar-refractivity contribution in [2.45, 2.75) is 38.8 Å². The van der Waals surface area contributed by atoms with Gasteiger partial charge in [-0.3, -0.25) is 9.88 Å². The van der Waals surface area contributed by atoms with E-state index in [9.17, 15) is 4.79 Å². The number of carbonyl (C=O) groups is 1. The highest BCUT2D eigenvalue weighted by Crippen LogP contribution is 2.29. The maximum atomic E-state index is 11.1. The van der Waals surface area contributed by atoms with E-state index in [0.29, 0.717) is 4.88 Å². The van der Waals surface area contributed by atoms with Crippen LogP contribution in [0.1, 0.15) is 43.5 Å². The molecule has 22 heavy (non-hydrogen) atoms. The molecule has 0 aromatic carbocycles. The van der Waals surface area contributed by atoms with Crippen molar-refractivity contribution in [3.8, 4) is 0 Å². The van der Waals surface area contributed by atoms with Crippen molar-refractivity contribution in [1.29, 1.82) is 0 Å². The van der Waals surface area contributed by atoms with Crippen LogP contribution in [0.25, 0.3) is 0 Å². The first kappa shape index (κ1) is 13.9. The van der Waals surface area contributed by atoms with Crippen LogP contribution in [0.5, 0.6) is 0 Å². The van der Waals surface area contributed by atoms with Gasteiger partial charge < -0.3 is 5.11 Å². The molecular weight excluding hydrogens is 296 g/mol. The van der Waals surface area contributed by atoms with E-state index in [1.54, 1.807) is 0 Å². The molecule has 114 valence electrons. The summed E-state index contributed by atoms with van der Waals surface area (Å²) in [5, 5.41) is 9.11. The molecule has 1 aliphatic carbocycles. The van der Waals surface area contributed by atoms with E-state index < -0.39 is 5.97 Å². The molecule has 4 rings (SSSR count). The van der Waals surface area contributed by atoms with E-state index in [4.69, 9.17) is 10.1 Å². The summed E-state index contributed by atoms with van der Waals surface area (Å²) in [6.07, 6.45) is 4.44. The second kappa shape index (κ2) is 5.48. The van der Waals surface area contributed by atoms with Crippen molar-refractivity contribution in [2.24, 2.45) is 0 Å². The zero-order valence-corrected chi connectivity index (χ0v) is 13.2. The van der Waals surface area contributed by atoms with Gasteiger partial charge in [0, 0.05) is 30.2 Å². The lowest BCUT2D eigenvalue weighted by Gasteiger charge is -2.26. The molecule has 5 heteroatoms. The lowest BCUT2D eigenvalue weighted by Crippen LogP contribution is -2.29. The Morgan fingerprint density at radius 3 is 3.05 bits per heavy atom. The first-order valence-electron chi connectivity index (χ1n) is 7.74. The van der Waals surface area contributed by atoms with Crippen LogP contribution in [-0.4, -0.2) is 27.5 Å². The number of aromatic carboxylic acids is 1. The Balaban J connectivity index is 1.49. The highest BCUT2D eigenvalue weighted by molar-refractivity contribution is 7.14. The summed E-state index contributed by atoms with van der Waals surface area (Å²) >= 11 is 1.42. The third-order valence-corrected chi connectivity index (χ3v) is 5.69. The molecule has 3 heterocycles. The van der Waals surface area contributed by atoms with E-state index in [2.05, 4.69) is 17.0 Å². The number of hydrogen-bond acceptors (Lipinski definition) is 4. The van der Waals surface area contributed by atoms with Crippen molar-refractivity contribution in [2.75, 3.05) is 6.54 Å². The van der Waals surface area contributed by atoms with E-state index in [1.165, 1.54) is 45.9 Å². The molecule has 1 aliphatic heterocycles. The third-order valence-electron chi connectivity index (χ3n) is 4.54. The molecule has 0 unspecified atom stereocenters. The Kier molecular flexibility index (Phi) is 3.47. The van der Waals surface area contributed by atoms with Gasteiger partial charge in [0.05, 0.1) is 5.69 Å². The number of aromatic nitrogens is 1. The Labute approximate surface area is 133 Å². The van der Waals surface area contributed by atoms with Gasteiger partial charge in [0.2, 0.25) is 0 Å². The summed E-state index contributed by atoms with van der Waals surface area (Å²) in [5.41, 5.74) is 5.04. The molecule has 0 saturated carbocycles. The molecule has 2 aromatic heterocycles. The first-order chi connectivity index (χ1) is 10.7. The maximum Gasteiger partial charge on any atom is 0.345 e. The smallest absolute Gasteiger partial charge is 0.345 e. The molecular formula is C17H18N2O2S. The number of carboxylic acids is 1. The van der Waals surface area contributed by atoms with Gasteiger partial charge in [-0.15, -0.1) is 11.3 Å². The fourth-order valence-corrected chi connectivity index (χ4v) is 4.49. The molecule has 4 nitrogen and oxygen atoms in total.